The minimum atomic E-state index is 0.160. The highest BCUT2D eigenvalue weighted by atomic mass is 16.2. The molecule has 1 fully saturated rings. The summed E-state index contributed by atoms with van der Waals surface area (Å²) in [6.07, 6.45) is 3.01. The highest BCUT2D eigenvalue weighted by Gasteiger charge is 2.29. The Morgan fingerprint density at radius 1 is 1.21 bits per heavy atom. The average molecular weight is 325 g/mol. The number of carbonyl (C=O) groups excluding carboxylic acids is 1. The molecule has 0 N–H and O–H groups in total. The van der Waals surface area contributed by atoms with Crippen molar-refractivity contribution < 1.29 is 4.79 Å². The van der Waals surface area contributed by atoms with E-state index in [1.165, 1.54) is 5.56 Å². The zero-order chi connectivity index (χ0) is 17.3. The molecule has 1 amide bonds. The fourth-order valence-electron chi connectivity index (χ4n) is 3.51. The van der Waals surface area contributed by atoms with E-state index in [2.05, 4.69) is 39.8 Å². The van der Waals surface area contributed by atoms with E-state index in [-0.39, 0.29) is 11.8 Å². The van der Waals surface area contributed by atoms with Gasteiger partial charge in [-0.25, -0.2) is 4.68 Å². The molecule has 0 spiro atoms. The van der Waals surface area contributed by atoms with Gasteiger partial charge in [0.2, 0.25) is 0 Å². The summed E-state index contributed by atoms with van der Waals surface area (Å²) in [5.74, 6) is 0.384. The summed E-state index contributed by atoms with van der Waals surface area (Å²) in [7, 11) is 0. The third-order valence-corrected chi connectivity index (χ3v) is 4.84. The Morgan fingerprint density at radius 3 is 2.46 bits per heavy atom. The first-order valence-corrected chi connectivity index (χ1v) is 9.01. The number of nitrogens with zero attached hydrogens (tertiary/aromatic N) is 3. The Hall–Kier alpha value is -2.10. The quantitative estimate of drug-likeness (QED) is 0.848. The summed E-state index contributed by atoms with van der Waals surface area (Å²) < 4.78 is 1.99. The van der Waals surface area contributed by atoms with E-state index in [9.17, 15) is 4.79 Å². The monoisotopic (exact) mass is 325 g/mol. The lowest BCUT2D eigenvalue weighted by Gasteiger charge is -2.17. The number of likely N-dealkylation sites (tertiary alicyclic amines) is 1. The van der Waals surface area contributed by atoms with Gasteiger partial charge in [0.15, 0.2) is 0 Å². The van der Waals surface area contributed by atoms with E-state index >= 15 is 0 Å². The molecule has 128 valence electrons. The van der Waals surface area contributed by atoms with Crippen molar-refractivity contribution in [3.8, 4) is 5.69 Å². The van der Waals surface area contributed by atoms with Crippen LogP contribution in [0.3, 0.4) is 0 Å². The van der Waals surface area contributed by atoms with Crippen molar-refractivity contribution >= 4 is 5.91 Å². The Morgan fingerprint density at radius 2 is 1.88 bits per heavy atom. The second-order valence-corrected chi connectivity index (χ2v) is 6.91. The first-order valence-electron chi connectivity index (χ1n) is 9.01. The molecule has 1 aromatic carbocycles. The number of aromatic nitrogens is 2. The smallest absolute Gasteiger partial charge is 0.257 e. The Bertz CT molecular complexity index is 739. The van der Waals surface area contributed by atoms with E-state index < -0.39 is 0 Å². The Balaban J connectivity index is 2.17. The summed E-state index contributed by atoms with van der Waals surface area (Å²) in [4.78, 5) is 15.1. The van der Waals surface area contributed by atoms with Gasteiger partial charge in [0.1, 0.15) is 0 Å². The predicted octanol–water partition coefficient (Wildman–Crippen LogP) is 4.10. The van der Waals surface area contributed by atoms with Crippen molar-refractivity contribution in [3.05, 3.63) is 46.8 Å². The van der Waals surface area contributed by atoms with Crippen LogP contribution in [0.1, 0.15) is 66.8 Å². The van der Waals surface area contributed by atoms with Crippen LogP contribution >= 0.6 is 0 Å². The van der Waals surface area contributed by atoms with Crippen LogP contribution in [-0.4, -0.2) is 33.7 Å². The second-order valence-electron chi connectivity index (χ2n) is 6.91. The number of para-hydroxylation sites is 1. The predicted molar refractivity (Wildman–Crippen MR) is 96.9 cm³/mol. The highest BCUT2D eigenvalue weighted by molar-refractivity contribution is 5.97. The largest absolute Gasteiger partial charge is 0.339 e. The zero-order valence-electron chi connectivity index (χ0n) is 15.2. The lowest BCUT2D eigenvalue weighted by atomic mass is 10.0. The minimum absolute atomic E-state index is 0.160. The number of rotatable bonds is 4. The van der Waals surface area contributed by atoms with Gasteiger partial charge in [-0.3, -0.25) is 4.79 Å². The highest BCUT2D eigenvalue weighted by Crippen LogP contribution is 2.28. The molecule has 2 aromatic rings. The summed E-state index contributed by atoms with van der Waals surface area (Å²) in [6.45, 7) is 10.2. The average Bonchev–Trinajstić information content (AvgIpc) is 3.22. The third kappa shape index (κ3) is 2.85. The lowest BCUT2D eigenvalue weighted by Crippen LogP contribution is -2.29. The second kappa shape index (κ2) is 6.80. The lowest BCUT2D eigenvalue weighted by molar-refractivity contribution is 0.0790. The van der Waals surface area contributed by atoms with Gasteiger partial charge < -0.3 is 4.90 Å². The SMILES string of the molecule is CCc1c(C(=O)N2CCCC2)c(C(C)C)nn1-c1ccccc1C. The zero-order valence-corrected chi connectivity index (χ0v) is 15.2. The molecule has 1 saturated heterocycles. The van der Waals surface area contributed by atoms with E-state index in [0.29, 0.717) is 0 Å². The molecule has 0 radical (unpaired) electrons. The Labute approximate surface area is 144 Å². The first-order chi connectivity index (χ1) is 11.5. The fourth-order valence-corrected chi connectivity index (χ4v) is 3.51. The summed E-state index contributed by atoms with van der Waals surface area (Å²) >= 11 is 0. The van der Waals surface area contributed by atoms with Crippen molar-refractivity contribution in [2.24, 2.45) is 0 Å². The van der Waals surface area contributed by atoms with Crippen molar-refractivity contribution in [2.45, 2.75) is 52.9 Å². The van der Waals surface area contributed by atoms with Crippen LogP contribution in [0.15, 0.2) is 24.3 Å². The Kier molecular flexibility index (Phi) is 4.74. The molecular weight excluding hydrogens is 298 g/mol. The fraction of sp³-hybridized carbons (Fsp3) is 0.500. The van der Waals surface area contributed by atoms with Crippen LogP contribution in [0.2, 0.25) is 0 Å². The minimum Gasteiger partial charge on any atom is -0.339 e. The molecule has 2 heterocycles. The first kappa shape index (κ1) is 16.7. The maximum atomic E-state index is 13.2. The third-order valence-electron chi connectivity index (χ3n) is 4.84. The molecule has 0 unspecified atom stereocenters. The van der Waals surface area contributed by atoms with Gasteiger partial charge in [-0.05, 0) is 43.7 Å². The van der Waals surface area contributed by atoms with Gasteiger partial charge in [-0.15, -0.1) is 0 Å². The summed E-state index contributed by atoms with van der Waals surface area (Å²) in [5, 5.41) is 4.87. The molecule has 1 aromatic heterocycles. The van der Waals surface area contributed by atoms with E-state index in [1.807, 2.05) is 21.7 Å². The van der Waals surface area contributed by atoms with Gasteiger partial charge in [-0.1, -0.05) is 39.0 Å². The number of carbonyl (C=O) groups is 1. The van der Waals surface area contributed by atoms with Crippen LogP contribution < -0.4 is 0 Å². The molecule has 0 aliphatic carbocycles. The van der Waals surface area contributed by atoms with Crippen LogP contribution in [0.25, 0.3) is 5.69 Å². The molecule has 4 heteroatoms. The van der Waals surface area contributed by atoms with E-state index in [4.69, 9.17) is 5.10 Å². The van der Waals surface area contributed by atoms with Crippen molar-refractivity contribution in [3.63, 3.8) is 0 Å². The number of aryl methyl sites for hydroxylation is 1. The van der Waals surface area contributed by atoms with Gasteiger partial charge in [0.25, 0.3) is 5.91 Å². The van der Waals surface area contributed by atoms with Crippen molar-refractivity contribution in [1.29, 1.82) is 0 Å². The normalized spacial score (nSPS) is 14.6. The van der Waals surface area contributed by atoms with Gasteiger partial charge in [0, 0.05) is 13.1 Å². The molecule has 0 saturated carbocycles. The van der Waals surface area contributed by atoms with Crippen LogP contribution in [0.4, 0.5) is 0 Å². The molecule has 1 aliphatic rings. The van der Waals surface area contributed by atoms with Crippen molar-refractivity contribution in [1.82, 2.24) is 14.7 Å². The van der Waals surface area contributed by atoms with E-state index in [1.54, 1.807) is 0 Å². The maximum Gasteiger partial charge on any atom is 0.257 e. The van der Waals surface area contributed by atoms with Crippen LogP contribution in [0, 0.1) is 6.92 Å². The number of hydrogen-bond acceptors (Lipinski definition) is 2. The molecule has 1 aliphatic heterocycles. The summed E-state index contributed by atoms with van der Waals surface area (Å²) in [6, 6.07) is 8.23. The topological polar surface area (TPSA) is 38.1 Å². The number of benzene rings is 1. The summed E-state index contributed by atoms with van der Waals surface area (Å²) in [5.41, 5.74) is 5.02. The van der Waals surface area contributed by atoms with Gasteiger partial charge in [0.05, 0.1) is 22.6 Å². The number of hydrogen-bond donors (Lipinski definition) is 0. The van der Waals surface area contributed by atoms with Crippen LogP contribution in [-0.2, 0) is 6.42 Å². The molecule has 24 heavy (non-hydrogen) atoms. The number of amides is 1. The maximum absolute atomic E-state index is 13.2. The molecule has 0 bridgehead atoms. The van der Waals surface area contributed by atoms with E-state index in [0.717, 1.165) is 55.0 Å². The molecule has 0 atom stereocenters. The standard InChI is InChI=1S/C20H27N3O/c1-5-16-18(20(24)22-12-8-9-13-22)19(14(2)3)21-23(16)17-11-7-6-10-15(17)4/h6-7,10-11,14H,5,8-9,12-13H2,1-4H3. The molecule has 3 rings (SSSR count). The van der Waals surface area contributed by atoms with Crippen molar-refractivity contribution in [2.75, 3.05) is 13.1 Å². The van der Waals surface area contributed by atoms with Crippen LogP contribution in [0.5, 0.6) is 0 Å². The van der Waals surface area contributed by atoms with Gasteiger partial charge in [-0.2, -0.15) is 5.10 Å². The van der Waals surface area contributed by atoms with Gasteiger partial charge >= 0.3 is 0 Å². The molecule has 4 nitrogen and oxygen atoms in total. The molecular formula is C20H27N3O.